The lowest BCUT2D eigenvalue weighted by molar-refractivity contribution is -0.116. The van der Waals surface area contributed by atoms with Crippen LogP contribution < -0.4 is 0 Å². The van der Waals surface area contributed by atoms with Gasteiger partial charge in [-0.2, -0.15) is 0 Å². The molecule has 3 heteroatoms. The van der Waals surface area contributed by atoms with Crippen molar-refractivity contribution in [3.05, 3.63) is 29.8 Å². The highest BCUT2D eigenvalue weighted by Gasteiger charge is 2.29. The Morgan fingerprint density at radius 3 is 2.79 bits per heavy atom. The van der Waals surface area contributed by atoms with Crippen LogP contribution in [0, 0.1) is 0 Å². The molecule has 0 aromatic heterocycles. The number of ketones is 1. The molecule has 0 aliphatic carbocycles. The second kappa shape index (κ2) is 6.58. The number of thioether (sulfide) groups is 1. The van der Waals surface area contributed by atoms with Crippen molar-refractivity contribution < 1.29 is 9.53 Å². The van der Waals surface area contributed by atoms with E-state index in [0.29, 0.717) is 6.42 Å². The molecular weight excluding hydrogens is 256 g/mol. The molecule has 2 rings (SSSR count). The summed E-state index contributed by atoms with van der Waals surface area (Å²) in [5.41, 5.74) is 1.65. The number of hydrogen-bond acceptors (Lipinski definition) is 3. The third-order valence-electron chi connectivity index (χ3n) is 3.85. The Bertz CT molecular complexity index is 436. The molecule has 0 N–H and O–H groups in total. The minimum absolute atomic E-state index is 0.245. The molecule has 0 bridgehead atoms. The van der Waals surface area contributed by atoms with Gasteiger partial charge in [0, 0.05) is 30.3 Å². The van der Waals surface area contributed by atoms with Crippen LogP contribution in [0.4, 0.5) is 0 Å². The zero-order valence-corrected chi connectivity index (χ0v) is 12.6. The molecule has 0 amide bonds. The molecule has 1 aromatic carbocycles. The Hall–Kier alpha value is -0.800. The van der Waals surface area contributed by atoms with Gasteiger partial charge in [0.2, 0.25) is 0 Å². The first-order valence-corrected chi connectivity index (χ1v) is 7.89. The Morgan fingerprint density at radius 2 is 2.11 bits per heavy atom. The van der Waals surface area contributed by atoms with Crippen molar-refractivity contribution in [2.75, 3.05) is 19.0 Å². The molecule has 0 unspecified atom stereocenters. The van der Waals surface area contributed by atoms with Gasteiger partial charge in [-0.3, -0.25) is 4.79 Å². The summed E-state index contributed by atoms with van der Waals surface area (Å²) < 4.78 is 5.47. The molecule has 1 heterocycles. The topological polar surface area (TPSA) is 26.3 Å². The van der Waals surface area contributed by atoms with E-state index >= 15 is 0 Å². The summed E-state index contributed by atoms with van der Waals surface area (Å²) in [4.78, 5) is 12.2. The molecule has 0 spiro atoms. The van der Waals surface area contributed by atoms with Crippen molar-refractivity contribution in [3.8, 4) is 0 Å². The zero-order chi connectivity index (χ0) is 13.7. The van der Waals surface area contributed by atoms with Crippen LogP contribution >= 0.6 is 11.8 Å². The molecule has 1 aromatic rings. The Kier molecular flexibility index (Phi) is 5.06. The van der Waals surface area contributed by atoms with Crippen molar-refractivity contribution in [2.24, 2.45) is 0 Å². The van der Waals surface area contributed by atoms with Crippen LogP contribution in [0.1, 0.15) is 38.7 Å². The van der Waals surface area contributed by atoms with Gasteiger partial charge in [-0.05, 0) is 42.9 Å². The fourth-order valence-corrected chi connectivity index (χ4v) is 3.39. The summed E-state index contributed by atoms with van der Waals surface area (Å²) in [7, 11) is 0. The highest BCUT2D eigenvalue weighted by Crippen LogP contribution is 2.35. The molecule has 1 aliphatic heterocycles. The minimum Gasteiger partial charge on any atom is -0.381 e. The normalized spacial score (nSPS) is 18.2. The summed E-state index contributed by atoms with van der Waals surface area (Å²) in [5, 5.41) is 0. The van der Waals surface area contributed by atoms with E-state index in [2.05, 4.69) is 31.2 Å². The lowest BCUT2D eigenvalue weighted by atomic mass is 9.76. The average molecular weight is 278 g/mol. The molecule has 104 valence electrons. The number of rotatable bonds is 5. The summed E-state index contributed by atoms with van der Waals surface area (Å²) >= 11 is 1.77. The number of hydrogen-bond donors (Lipinski definition) is 0. The van der Waals surface area contributed by atoms with Crippen LogP contribution in [0.5, 0.6) is 0 Å². The first kappa shape index (κ1) is 14.6. The number of Topliss-reactive ketones (excluding diaryl/α,β-unsaturated/α-hetero) is 1. The van der Waals surface area contributed by atoms with Crippen molar-refractivity contribution in [1.29, 1.82) is 0 Å². The van der Waals surface area contributed by atoms with E-state index in [1.54, 1.807) is 18.7 Å². The van der Waals surface area contributed by atoms with Crippen LogP contribution in [0.3, 0.4) is 0 Å². The zero-order valence-electron chi connectivity index (χ0n) is 11.8. The Morgan fingerprint density at radius 1 is 1.37 bits per heavy atom. The molecule has 2 nitrogen and oxygen atoms in total. The predicted molar refractivity (Wildman–Crippen MR) is 79.9 cm³/mol. The number of carbonyl (C=O) groups excluding carboxylic acids is 1. The first-order chi connectivity index (χ1) is 9.10. The number of carbonyl (C=O) groups is 1. The second-order valence-electron chi connectivity index (χ2n) is 5.50. The summed E-state index contributed by atoms with van der Waals surface area (Å²) in [6.45, 7) is 5.70. The Balaban J connectivity index is 2.03. The first-order valence-electron chi connectivity index (χ1n) is 6.91. The third-order valence-corrected chi connectivity index (χ3v) is 4.85. The van der Waals surface area contributed by atoms with Crippen LogP contribution in [0.2, 0.25) is 0 Å². The molecule has 0 radical (unpaired) electrons. The van der Waals surface area contributed by atoms with Crippen LogP contribution in [0.15, 0.2) is 29.2 Å². The van der Waals surface area contributed by atoms with Crippen molar-refractivity contribution >= 4 is 17.5 Å². The van der Waals surface area contributed by atoms with E-state index in [1.807, 2.05) is 0 Å². The van der Waals surface area contributed by atoms with Gasteiger partial charge in [0.15, 0.2) is 0 Å². The van der Waals surface area contributed by atoms with E-state index in [1.165, 1.54) is 10.5 Å². The quantitative estimate of drug-likeness (QED) is 0.766. The van der Waals surface area contributed by atoms with E-state index in [-0.39, 0.29) is 11.2 Å². The third kappa shape index (κ3) is 4.08. The van der Waals surface area contributed by atoms with E-state index in [9.17, 15) is 4.79 Å². The maximum absolute atomic E-state index is 11.0. The van der Waals surface area contributed by atoms with Gasteiger partial charge in [-0.25, -0.2) is 0 Å². The fraction of sp³-hybridized carbons (Fsp3) is 0.562. The molecule has 1 fully saturated rings. The minimum atomic E-state index is 0.245. The van der Waals surface area contributed by atoms with Crippen LogP contribution in [0.25, 0.3) is 0 Å². The van der Waals surface area contributed by atoms with E-state index in [0.717, 1.165) is 31.8 Å². The van der Waals surface area contributed by atoms with Gasteiger partial charge >= 0.3 is 0 Å². The van der Waals surface area contributed by atoms with Crippen molar-refractivity contribution in [2.45, 2.75) is 43.4 Å². The number of ether oxygens (including phenoxy) is 1. The van der Waals surface area contributed by atoms with E-state index < -0.39 is 0 Å². The highest BCUT2D eigenvalue weighted by atomic mass is 32.2. The maximum atomic E-state index is 11.0. The smallest absolute Gasteiger partial charge is 0.130 e. The maximum Gasteiger partial charge on any atom is 0.130 e. The molecule has 0 saturated carbocycles. The lowest BCUT2D eigenvalue weighted by Gasteiger charge is -2.34. The molecule has 1 saturated heterocycles. The van der Waals surface area contributed by atoms with Gasteiger partial charge in [-0.15, -0.1) is 11.8 Å². The fourth-order valence-electron chi connectivity index (χ4n) is 2.38. The molecule has 0 atom stereocenters. The SMILES string of the molecule is CC(=O)CCSc1cccc(C2(C)CCOCC2)c1. The van der Waals surface area contributed by atoms with Crippen LogP contribution in [-0.2, 0) is 14.9 Å². The average Bonchev–Trinajstić information content (AvgIpc) is 2.39. The van der Waals surface area contributed by atoms with E-state index in [4.69, 9.17) is 4.74 Å². The predicted octanol–water partition coefficient (Wildman–Crippen LogP) is 3.83. The van der Waals surface area contributed by atoms with Gasteiger partial charge < -0.3 is 4.74 Å². The number of benzene rings is 1. The summed E-state index contributed by atoms with van der Waals surface area (Å²) in [6.07, 6.45) is 2.84. The van der Waals surface area contributed by atoms with Gasteiger partial charge in [0.1, 0.15) is 5.78 Å². The van der Waals surface area contributed by atoms with Gasteiger partial charge in [-0.1, -0.05) is 19.1 Å². The standard InChI is InChI=1S/C16H22O2S/c1-13(17)6-11-19-15-5-3-4-14(12-15)16(2)7-9-18-10-8-16/h3-5,12H,6-11H2,1-2H3. The van der Waals surface area contributed by atoms with Crippen LogP contribution in [-0.4, -0.2) is 24.7 Å². The van der Waals surface area contributed by atoms with Crippen molar-refractivity contribution in [1.82, 2.24) is 0 Å². The summed E-state index contributed by atoms with van der Waals surface area (Å²) in [5.74, 6) is 1.14. The molecule has 19 heavy (non-hydrogen) atoms. The largest absolute Gasteiger partial charge is 0.381 e. The highest BCUT2D eigenvalue weighted by molar-refractivity contribution is 7.99. The monoisotopic (exact) mass is 278 g/mol. The lowest BCUT2D eigenvalue weighted by Crippen LogP contribution is -2.30. The van der Waals surface area contributed by atoms with Gasteiger partial charge in [0.25, 0.3) is 0 Å². The van der Waals surface area contributed by atoms with Crippen molar-refractivity contribution in [3.63, 3.8) is 0 Å². The molecule has 1 aliphatic rings. The Labute approximate surface area is 119 Å². The molecular formula is C16H22O2S. The summed E-state index contributed by atoms with van der Waals surface area (Å²) in [6, 6.07) is 8.78. The van der Waals surface area contributed by atoms with Gasteiger partial charge in [0.05, 0.1) is 0 Å². The second-order valence-corrected chi connectivity index (χ2v) is 6.67.